The number of amides is 1. The van der Waals surface area contributed by atoms with Crippen molar-refractivity contribution in [3.63, 3.8) is 0 Å². The largest absolute Gasteiger partial charge is 0.326 e. The van der Waals surface area contributed by atoms with Gasteiger partial charge >= 0.3 is 0 Å². The Balaban J connectivity index is 1.38. The highest BCUT2D eigenvalue weighted by Gasteiger charge is 2.17. The van der Waals surface area contributed by atoms with Gasteiger partial charge in [-0.05, 0) is 62.0 Å². The van der Waals surface area contributed by atoms with Gasteiger partial charge in [0.2, 0.25) is 5.91 Å². The number of thiophene rings is 1. The number of rotatable bonds is 9. The fourth-order valence-electron chi connectivity index (χ4n) is 3.30. The number of ketones is 1. The second-order valence-corrected chi connectivity index (χ2v) is 8.45. The van der Waals surface area contributed by atoms with Crippen molar-refractivity contribution in [3.8, 4) is 0 Å². The van der Waals surface area contributed by atoms with Crippen LogP contribution in [0.5, 0.6) is 0 Å². The molecule has 0 saturated carbocycles. The number of likely N-dealkylation sites (N-methyl/N-ethyl adjacent to an activating group) is 1. The molecular formula is C22H29N3O2S. The molecule has 0 spiro atoms. The summed E-state index contributed by atoms with van der Waals surface area (Å²) < 4.78 is 0. The van der Waals surface area contributed by atoms with Crippen molar-refractivity contribution < 1.29 is 9.59 Å². The Bertz CT molecular complexity index is 751. The van der Waals surface area contributed by atoms with Crippen LogP contribution in [0.15, 0.2) is 41.8 Å². The van der Waals surface area contributed by atoms with E-state index in [4.69, 9.17) is 0 Å². The summed E-state index contributed by atoms with van der Waals surface area (Å²) in [5, 5.41) is 5.01. The Morgan fingerprint density at radius 2 is 1.79 bits per heavy atom. The van der Waals surface area contributed by atoms with Gasteiger partial charge in [0, 0.05) is 48.7 Å². The average molecular weight is 400 g/mol. The zero-order valence-electron chi connectivity index (χ0n) is 16.5. The minimum Gasteiger partial charge on any atom is -0.326 e. The standard InChI is InChI=1S/C22H29N3O2S/c1-24-12-14-25(15-13-24)17-21(26)18-8-10-19(11-9-18)23-22(27)7-3-2-5-20-6-4-16-28-20/h4,6,8-11,16H,2-3,5,7,12-15,17H2,1H3,(H,23,27). The van der Waals surface area contributed by atoms with Gasteiger partial charge in [-0.25, -0.2) is 0 Å². The molecule has 1 saturated heterocycles. The van der Waals surface area contributed by atoms with Gasteiger partial charge in [-0.3, -0.25) is 14.5 Å². The van der Waals surface area contributed by atoms with Crippen molar-refractivity contribution in [2.24, 2.45) is 0 Å². The summed E-state index contributed by atoms with van der Waals surface area (Å²) in [4.78, 5) is 30.4. The number of benzene rings is 1. The van der Waals surface area contributed by atoms with Crippen molar-refractivity contribution in [2.75, 3.05) is 45.1 Å². The summed E-state index contributed by atoms with van der Waals surface area (Å²) in [5.74, 6) is 0.165. The molecule has 0 aliphatic carbocycles. The first-order valence-electron chi connectivity index (χ1n) is 9.96. The van der Waals surface area contributed by atoms with Gasteiger partial charge in [0.15, 0.2) is 5.78 Å². The number of Topliss-reactive ketones (excluding diaryl/α,β-unsaturated/α-hetero) is 1. The molecule has 150 valence electrons. The molecule has 28 heavy (non-hydrogen) atoms. The van der Waals surface area contributed by atoms with E-state index in [0.29, 0.717) is 18.5 Å². The first kappa shape index (κ1) is 20.7. The van der Waals surface area contributed by atoms with Gasteiger partial charge in [0.1, 0.15) is 0 Å². The highest BCUT2D eigenvalue weighted by atomic mass is 32.1. The lowest BCUT2D eigenvalue weighted by Crippen LogP contribution is -2.46. The van der Waals surface area contributed by atoms with Crippen molar-refractivity contribution >= 4 is 28.7 Å². The Morgan fingerprint density at radius 3 is 2.46 bits per heavy atom. The van der Waals surface area contributed by atoms with Gasteiger partial charge in [0.25, 0.3) is 0 Å². The zero-order valence-corrected chi connectivity index (χ0v) is 17.3. The molecule has 1 aromatic carbocycles. The normalized spacial score (nSPS) is 15.5. The molecule has 0 atom stereocenters. The number of piperazine rings is 1. The third-order valence-electron chi connectivity index (χ3n) is 5.11. The summed E-state index contributed by atoms with van der Waals surface area (Å²) in [6, 6.07) is 11.5. The van der Waals surface area contributed by atoms with Crippen LogP contribution < -0.4 is 5.32 Å². The van der Waals surface area contributed by atoms with E-state index in [9.17, 15) is 9.59 Å². The predicted molar refractivity (Wildman–Crippen MR) is 115 cm³/mol. The van der Waals surface area contributed by atoms with Crippen LogP contribution in [0, 0.1) is 0 Å². The number of carbonyl (C=O) groups excluding carboxylic acids is 2. The molecule has 1 amide bonds. The third kappa shape index (κ3) is 6.55. The smallest absolute Gasteiger partial charge is 0.224 e. The van der Waals surface area contributed by atoms with Crippen LogP contribution in [0.4, 0.5) is 5.69 Å². The van der Waals surface area contributed by atoms with E-state index < -0.39 is 0 Å². The molecule has 1 N–H and O–H groups in total. The van der Waals surface area contributed by atoms with Crippen molar-refractivity contribution in [1.29, 1.82) is 0 Å². The highest BCUT2D eigenvalue weighted by molar-refractivity contribution is 7.09. The van der Waals surface area contributed by atoms with E-state index in [1.54, 1.807) is 11.3 Å². The number of unbranched alkanes of at least 4 members (excludes halogenated alkanes) is 1. The molecule has 1 aromatic heterocycles. The second-order valence-electron chi connectivity index (χ2n) is 7.41. The molecule has 1 aliphatic heterocycles. The molecule has 1 fully saturated rings. The number of carbonyl (C=O) groups is 2. The van der Waals surface area contributed by atoms with Crippen LogP contribution in [-0.4, -0.2) is 61.3 Å². The average Bonchev–Trinajstić information content (AvgIpc) is 3.21. The first-order chi connectivity index (χ1) is 13.6. The maximum Gasteiger partial charge on any atom is 0.224 e. The Hall–Kier alpha value is -2.02. The number of nitrogens with zero attached hydrogens (tertiary/aromatic N) is 2. The lowest BCUT2D eigenvalue weighted by atomic mass is 10.1. The molecule has 0 bridgehead atoms. The molecular weight excluding hydrogens is 370 g/mol. The molecule has 2 heterocycles. The van der Waals surface area contributed by atoms with Crippen molar-refractivity contribution in [2.45, 2.75) is 25.7 Å². The van der Waals surface area contributed by atoms with Gasteiger partial charge in [-0.1, -0.05) is 6.07 Å². The second kappa shape index (κ2) is 10.5. The molecule has 1 aliphatic rings. The quantitative estimate of drug-likeness (QED) is 0.518. The Kier molecular flexibility index (Phi) is 7.77. The van der Waals surface area contributed by atoms with Crippen molar-refractivity contribution in [1.82, 2.24) is 9.80 Å². The van der Waals surface area contributed by atoms with E-state index in [2.05, 4.69) is 39.7 Å². The van der Waals surface area contributed by atoms with Crippen LogP contribution >= 0.6 is 11.3 Å². The molecule has 5 nitrogen and oxygen atoms in total. The van der Waals surface area contributed by atoms with Gasteiger partial charge in [0.05, 0.1) is 6.54 Å². The molecule has 3 rings (SSSR count). The van der Waals surface area contributed by atoms with E-state index in [1.165, 1.54) is 4.88 Å². The summed E-state index contributed by atoms with van der Waals surface area (Å²) in [6.45, 7) is 4.34. The fraction of sp³-hybridized carbons (Fsp3) is 0.455. The third-order valence-corrected chi connectivity index (χ3v) is 6.05. The minimum absolute atomic E-state index is 0.0303. The Morgan fingerprint density at radius 1 is 1.04 bits per heavy atom. The van der Waals surface area contributed by atoms with Crippen LogP contribution in [-0.2, 0) is 11.2 Å². The number of aryl methyl sites for hydroxylation is 1. The van der Waals surface area contributed by atoms with Crippen LogP contribution in [0.3, 0.4) is 0 Å². The number of nitrogens with one attached hydrogen (secondary N) is 1. The Labute approximate surface area is 171 Å². The molecule has 2 aromatic rings. The van der Waals surface area contributed by atoms with Gasteiger partial charge < -0.3 is 10.2 Å². The molecule has 6 heteroatoms. The number of hydrogen-bond donors (Lipinski definition) is 1. The maximum atomic E-state index is 12.5. The molecule has 0 unspecified atom stereocenters. The summed E-state index contributed by atoms with van der Waals surface area (Å²) in [6.07, 6.45) is 3.46. The van der Waals surface area contributed by atoms with Crippen LogP contribution in [0.1, 0.15) is 34.5 Å². The molecule has 0 radical (unpaired) electrons. The van der Waals surface area contributed by atoms with Gasteiger partial charge in [-0.2, -0.15) is 0 Å². The van der Waals surface area contributed by atoms with Crippen LogP contribution in [0.25, 0.3) is 0 Å². The number of anilines is 1. The van der Waals surface area contributed by atoms with Gasteiger partial charge in [-0.15, -0.1) is 11.3 Å². The van der Waals surface area contributed by atoms with E-state index >= 15 is 0 Å². The van der Waals surface area contributed by atoms with Crippen LogP contribution in [0.2, 0.25) is 0 Å². The SMILES string of the molecule is CN1CCN(CC(=O)c2ccc(NC(=O)CCCCc3cccs3)cc2)CC1. The van der Waals surface area contributed by atoms with E-state index in [-0.39, 0.29) is 11.7 Å². The fourth-order valence-corrected chi connectivity index (χ4v) is 4.05. The summed E-state index contributed by atoms with van der Waals surface area (Å²) in [7, 11) is 2.11. The predicted octanol–water partition coefficient (Wildman–Crippen LogP) is 3.53. The zero-order chi connectivity index (χ0) is 19.8. The summed E-state index contributed by atoms with van der Waals surface area (Å²) >= 11 is 1.77. The lowest BCUT2D eigenvalue weighted by molar-refractivity contribution is -0.116. The lowest BCUT2D eigenvalue weighted by Gasteiger charge is -2.31. The monoisotopic (exact) mass is 399 g/mol. The topological polar surface area (TPSA) is 52.6 Å². The minimum atomic E-state index is 0.0303. The van der Waals surface area contributed by atoms with E-state index in [1.807, 2.05) is 24.3 Å². The summed E-state index contributed by atoms with van der Waals surface area (Å²) in [5.41, 5.74) is 1.45. The van der Waals surface area contributed by atoms with E-state index in [0.717, 1.165) is 51.1 Å². The first-order valence-corrected chi connectivity index (χ1v) is 10.8. The number of hydrogen-bond acceptors (Lipinski definition) is 5. The van der Waals surface area contributed by atoms with Crippen molar-refractivity contribution in [3.05, 3.63) is 52.2 Å². The maximum absolute atomic E-state index is 12.5. The highest BCUT2D eigenvalue weighted by Crippen LogP contribution is 2.14.